The highest BCUT2D eigenvalue weighted by Crippen LogP contribution is 2.24. The van der Waals surface area contributed by atoms with Crippen molar-refractivity contribution in [3.05, 3.63) is 29.8 Å². The minimum absolute atomic E-state index is 0.239. The van der Waals surface area contributed by atoms with Gasteiger partial charge in [0.25, 0.3) is 0 Å². The van der Waals surface area contributed by atoms with E-state index in [-0.39, 0.29) is 6.10 Å². The van der Waals surface area contributed by atoms with E-state index in [1.807, 2.05) is 6.07 Å². The summed E-state index contributed by atoms with van der Waals surface area (Å²) in [6.45, 7) is 7.44. The van der Waals surface area contributed by atoms with Crippen LogP contribution in [0.1, 0.15) is 52.0 Å². The van der Waals surface area contributed by atoms with E-state index in [1.54, 1.807) is 0 Å². The van der Waals surface area contributed by atoms with Crippen LogP contribution in [0.15, 0.2) is 24.3 Å². The highest BCUT2D eigenvalue weighted by molar-refractivity contribution is 5.28. The van der Waals surface area contributed by atoms with Gasteiger partial charge in [0.1, 0.15) is 5.75 Å². The van der Waals surface area contributed by atoms with Crippen molar-refractivity contribution in [3.8, 4) is 5.75 Å². The van der Waals surface area contributed by atoms with Gasteiger partial charge in [-0.2, -0.15) is 0 Å². The summed E-state index contributed by atoms with van der Waals surface area (Å²) >= 11 is 0. The number of rotatable bonds is 5. The van der Waals surface area contributed by atoms with Crippen LogP contribution in [0.3, 0.4) is 0 Å². The van der Waals surface area contributed by atoms with Gasteiger partial charge >= 0.3 is 0 Å². The van der Waals surface area contributed by atoms with Gasteiger partial charge < -0.3 is 10.1 Å². The molecule has 0 atom stereocenters. The Balaban J connectivity index is 1.82. The summed E-state index contributed by atoms with van der Waals surface area (Å²) in [6.07, 6.45) is 5.62. The molecule has 0 aliphatic heterocycles. The van der Waals surface area contributed by atoms with Crippen LogP contribution in [0.5, 0.6) is 5.75 Å². The number of ether oxygens (including phenoxy) is 1. The van der Waals surface area contributed by atoms with E-state index in [0.717, 1.165) is 18.2 Å². The van der Waals surface area contributed by atoms with Crippen LogP contribution in [0.2, 0.25) is 0 Å². The zero-order valence-corrected chi connectivity index (χ0v) is 12.5. The van der Waals surface area contributed by atoms with Gasteiger partial charge in [-0.3, -0.25) is 0 Å². The van der Waals surface area contributed by atoms with Crippen LogP contribution in [0.4, 0.5) is 0 Å². The third-order valence-corrected chi connectivity index (χ3v) is 3.88. The molecule has 0 radical (unpaired) electrons. The first-order valence-corrected chi connectivity index (χ1v) is 7.62. The Morgan fingerprint density at radius 2 is 1.95 bits per heavy atom. The van der Waals surface area contributed by atoms with Crippen LogP contribution < -0.4 is 10.1 Å². The van der Waals surface area contributed by atoms with Gasteiger partial charge in [-0.25, -0.2) is 0 Å². The molecule has 19 heavy (non-hydrogen) atoms. The lowest BCUT2D eigenvalue weighted by atomic mass is 9.87. The summed E-state index contributed by atoms with van der Waals surface area (Å²) in [5.41, 5.74) is 1.32. The highest BCUT2D eigenvalue weighted by atomic mass is 16.5. The Morgan fingerprint density at radius 1 is 1.21 bits per heavy atom. The molecule has 0 saturated heterocycles. The summed E-state index contributed by atoms with van der Waals surface area (Å²) in [6, 6.07) is 9.14. The maximum absolute atomic E-state index is 5.73. The fourth-order valence-electron chi connectivity index (χ4n) is 2.73. The molecule has 1 aliphatic rings. The van der Waals surface area contributed by atoms with Gasteiger partial charge in [-0.05, 0) is 63.1 Å². The number of nitrogens with one attached hydrogen (secondary N) is 1. The fraction of sp³-hybridized carbons (Fsp3) is 0.647. The molecule has 2 rings (SSSR count). The summed E-state index contributed by atoms with van der Waals surface area (Å²) < 4.78 is 5.73. The van der Waals surface area contributed by atoms with Gasteiger partial charge in [0, 0.05) is 12.6 Å². The molecule has 1 fully saturated rings. The Bertz CT molecular complexity index is 381. The monoisotopic (exact) mass is 261 g/mol. The highest BCUT2D eigenvalue weighted by Gasteiger charge is 2.17. The van der Waals surface area contributed by atoms with Gasteiger partial charge in [0.15, 0.2) is 0 Å². The molecule has 1 aliphatic carbocycles. The van der Waals surface area contributed by atoms with Gasteiger partial charge in [0.05, 0.1) is 6.10 Å². The van der Waals surface area contributed by atoms with Crippen molar-refractivity contribution < 1.29 is 4.74 Å². The molecule has 0 spiro atoms. The van der Waals surface area contributed by atoms with Gasteiger partial charge in [0.2, 0.25) is 0 Å². The molecule has 0 unspecified atom stereocenters. The Kier molecular flexibility index (Phi) is 5.26. The van der Waals surface area contributed by atoms with Crippen molar-refractivity contribution in [1.29, 1.82) is 0 Å². The van der Waals surface area contributed by atoms with Crippen molar-refractivity contribution in [2.75, 3.05) is 0 Å². The molecular weight excluding hydrogens is 234 g/mol. The van der Waals surface area contributed by atoms with E-state index < -0.39 is 0 Å². The Morgan fingerprint density at radius 3 is 2.63 bits per heavy atom. The molecule has 1 saturated carbocycles. The third-order valence-electron chi connectivity index (χ3n) is 3.88. The molecule has 106 valence electrons. The average molecular weight is 261 g/mol. The van der Waals surface area contributed by atoms with Crippen LogP contribution >= 0.6 is 0 Å². The fourth-order valence-corrected chi connectivity index (χ4v) is 2.73. The predicted molar refractivity (Wildman–Crippen MR) is 80.5 cm³/mol. The first-order valence-electron chi connectivity index (χ1n) is 7.62. The molecule has 0 bridgehead atoms. The quantitative estimate of drug-likeness (QED) is 0.860. The average Bonchev–Trinajstić information content (AvgIpc) is 2.38. The first-order chi connectivity index (χ1) is 9.13. The van der Waals surface area contributed by atoms with E-state index >= 15 is 0 Å². The molecular formula is C17H27NO. The lowest BCUT2D eigenvalue weighted by molar-refractivity contribution is 0.242. The lowest BCUT2D eigenvalue weighted by Gasteiger charge is -2.27. The lowest BCUT2D eigenvalue weighted by Crippen LogP contribution is -2.32. The summed E-state index contributed by atoms with van der Waals surface area (Å²) in [5.74, 6) is 1.90. The van der Waals surface area contributed by atoms with E-state index in [1.165, 1.54) is 31.2 Å². The minimum Gasteiger partial charge on any atom is -0.491 e. The topological polar surface area (TPSA) is 21.3 Å². The third kappa shape index (κ3) is 4.87. The van der Waals surface area contributed by atoms with Crippen molar-refractivity contribution >= 4 is 0 Å². The zero-order valence-electron chi connectivity index (χ0n) is 12.5. The maximum atomic E-state index is 5.73. The SMILES string of the molecule is CC1CCC(NCc2cccc(OC(C)C)c2)CC1. The van der Waals surface area contributed by atoms with E-state index in [2.05, 4.69) is 44.3 Å². The van der Waals surface area contributed by atoms with Crippen LogP contribution in [-0.2, 0) is 6.54 Å². The molecule has 2 heteroatoms. The van der Waals surface area contributed by atoms with Gasteiger partial charge in [-0.15, -0.1) is 0 Å². The number of hydrogen-bond donors (Lipinski definition) is 1. The molecule has 2 nitrogen and oxygen atoms in total. The normalized spacial score (nSPS) is 23.6. The predicted octanol–water partition coefficient (Wildman–Crippen LogP) is 4.14. The van der Waals surface area contributed by atoms with Crippen molar-refractivity contribution in [1.82, 2.24) is 5.32 Å². The summed E-state index contributed by atoms with van der Waals surface area (Å²) in [4.78, 5) is 0. The standard InChI is InChI=1S/C17H27NO/c1-13(2)19-17-6-4-5-15(11-17)12-18-16-9-7-14(3)8-10-16/h4-6,11,13-14,16,18H,7-10,12H2,1-3H3. The molecule has 1 aromatic carbocycles. The minimum atomic E-state index is 0.239. The maximum Gasteiger partial charge on any atom is 0.120 e. The largest absolute Gasteiger partial charge is 0.491 e. The van der Waals surface area contributed by atoms with Crippen LogP contribution in [-0.4, -0.2) is 12.1 Å². The second kappa shape index (κ2) is 6.95. The zero-order chi connectivity index (χ0) is 13.7. The Labute approximate surface area is 117 Å². The van der Waals surface area contributed by atoms with Crippen molar-refractivity contribution in [3.63, 3.8) is 0 Å². The molecule has 1 N–H and O–H groups in total. The van der Waals surface area contributed by atoms with Crippen molar-refractivity contribution in [2.45, 2.75) is 65.1 Å². The van der Waals surface area contributed by atoms with E-state index in [9.17, 15) is 0 Å². The van der Waals surface area contributed by atoms with Crippen LogP contribution in [0.25, 0.3) is 0 Å². The van der Waals surface area contributed by atoms with E-state index in [0.29, 0.717) is 6.04 Å². The van der Waals surface area contributed by atoms with Crippen LogP contribution in [0, 0.1) is 5.92 Å². The first kappa shape index (κ1) is 14.4. The summed E-state index contributed by atoms with van der Waals surface area (Å²) in [7, 11) is 0. The smallest absolute Gasteiger partial charge is 0.120 e. The molecule has 1 aromatic rings. The molecule has 0 aromatic heterocycles. The second-order valence-corrected chi connectivity index (χ2v) is 6.15. The molecule has 0 heterocycles. The van der Waals surface area contributed by atoms with E-state index in [4.69, 9.17) is 4.74 Å². The second-order valence-electron chi connectivity index (χ2n) is 6.15. The number of hydrogen-bond acceptors (Lipinski definition) is 2. The molecule has 0 amide bonds. The Hall–Kier alpha value is -1.02. The number of benzene rings is 1. The van der Waals surface area contributed by atoms with Gasteiger partial charge in [-0.1, -0.05) is 19.1 Å². The van der Waals surface area contributed by atoms with Crippen molar-refractivity contribution in [2.24, 2.45) is 5.92 Å². The summed E-state index contributed by atoms with van der Waals surface area (Å²) in [5, 5.41) is 3.68.